The Kier molecular flexibility index (Phi) is 5.46. The predicted octanol–water partition coefficient (Wildman–Crippen LogP) is 2.30. The summed E-state index contributed by atoms with van der Waals surface area (Å²) < 4.78 is 13.5. The van der Waals surface area contributed by atoms with Crippen molar-refractivity contribution in [2.75, 3.05) is 13.1 Å². The number of carbonyl (C=O) groups excluding carboxylic acids is 1. The number of hydrogen-bond acceptors (Lipinski definition) is 2. The van der Waals surface area contributed by atoms with Gasteiger partial charge in [-0.15, -0.1) is 0 Å². The monoisotopic (exact) mass is 286 g/mol. The molecular formula is C17H19FN2O. The molecule has 2 aromatic carbocycles. The number of nitrogens with two attached hydrogens (primary N) is 1. The number of amides is 1. The van der Waals surface area contributed by atoms with Crippen molar-refractivity contribution < 1.29 is 9.18 Å². The topological polar surface area (TPSA) is 55.1 Å². The third-order valence-electron chi connectivity index (χ3n) is 3.26. The van der Waals surface area contributed by atoms with E-state index in [1.165, 1.54) is 6.07 Å². The van der Waals surface area contributed by atoms with Gasteiger partial charge in [-0.3, -0.25) is 4.79 Å². The van der Waals surface area contributed by atoms with Crippen molar-refractivity contribution in [1.82, 2.24) is 5.32 Å². The first-order chi connectivity index (χ1) is 10.2. The van der Waals surface area contributed by atoms with E-state index in [4.69, 9.17) is 5.73 Å². The summed E-state index contributed by atoms with van der Waals surface area (Å²) in [4.78, 5) is 12.0. The fraction of sp³-hybridized carbons (Fsp3) is 0.235. The molecule has 0 aromatic heterocycles. The molecule has 3 N–H and O–H groups in total. The van der Waals surface area contributed by atoms with Gasteiger partial charge >= 0.3 is 0 Å². The van der Waals surface area contributed by atoms with Gasteiger partial charge in [0.2, 0.25) is 0 Å². The first-order valence-electron chi connectivity index (χ1n) is 7.01. The molecule has 0 spiro atoms. The van der Waals surface area contributed by atoms with Gasteiger partial charge in [0.05, 0.1) is 0 Å². The van der Waals surface area contributed by atoms with Crippen LogP contribution in [0.2, 0.25) is 0 Å². The van der Waals surface area contributed by atoms with E-state index in [9.17, 15) is 9.18 Å². The van der Waals surface area contributed by atoms with Crippen molar-refractivity contribution in [3.8, 4) is 0 Å². The average molecular weight is 286 g/mol. The van der Waals surface area contributed by atoms with Gasteiger partial charge in [0.1, 0.15) is 5.82 Å². The normalized spacial score (nSPS) is 10.4. The Hall–Kier alpha value is -2.20. The van der Waals surface area contributed by atoms with E-state index in [1.54, 1.807) is 24.3 Å². The minimum absolute atomic E-state index is 0.148. The van der Waals surface area contributed by atoms with Gasteiger partial charge in [-0.1, -0.05) is 30.3 Å². The van der Waals surface area contributed by atoms with Crippen LogP contribution >= 0.6 is 0 Å². The highest BCUT2D eigenvalue weighted by molar-refractivity contribution is 5.94. The highest BCUT2D eigenvalue weighted by Gasteiger charge is 2.06. The summed E-state index contributed by atoms with van der Waals surface area (Å²) >= 11 is 0. The third-order valence-corrected chi connectivity index (χ3v) is 3.26. The number of rotatable bonds is 6. The highest BCUT2D eigenvalue weighted by atomic mass is 19.1. The molecule has 0 fully saturated rings. The van der Waals surface area contributed by atoms with Gasteiger partial charge in [-0.25, -0.2) is 4.39 Å². The first-order valence-corrected chi connectivity index (χ1v) is 7.01. The van der Waals surface area contributed by atoms with E-state index < -0.39 is 0 Å². The maximum atomic E-state index is 13.5. The molecule has 0 bridgehead atoms. The number of nitrogens with one attached hydrogen (secondary N) is 1. The molecule has 0 unspecified atom stereocenters. The standard InChI is InChI=1S/C17H19FN2O/c18-16-7-2-1-5-14(16)9-11-20-17(21)15-6-3-4-13(12-15)8-10-19/h1-7,12H,8-11,19H2,(H,20,21). The van der Waals surface area contributed by atoms with Gasteiger partial charge in [0, 0.05) is 12.1 Å². The van der Waals surface area contributed by atoms with Gasteiger partial charge in [0.25, 0.3) is 5.91 Å². The Balaban J connectivity index is 1.90. The van der Waals surface area contributed by atoms with Gasteiger partial charge < -0.3 is 11.1 Å². The van der Waals surface area contributed by atoms with Crippen LogP contribution < -0.4 is 11.1 Å². The summed E-state index contributed by atoms with van der Waals surface area (Å²) in [6.07, 6.45) is 1.22. The van der Waals surface area contributed by atoms with Gasteiger partial charge in [-0.2, -0.15) is 0 Å². The van der Waals surface area contributed by atoms with Crippen molar-refractivity contribution in [1.29, 1.82) is 0 Å². The van der Waals surface area contributed by atoms with Crippen molar-refractivity contribution in [3.63, 3.8) is 0 Å². The van der Waals surface area contributed by atoms with E-state index in [-0.39, 0.29) is 11.7 Å². The smallest absolute Gasteiger partial charge is 0.251 e. The minimum atomic E-state index is -0.239. The quantitative estimate of drug-likeness (QED) is 0.856. The Labute approximate surface area is 124 Å². The zero-order valence-corrected chi connectivity index (χ0v) is 11.8. The summed E-state index contributed by atoms with van der Waals surface area (Å²) in [6, 6.07) is 14.0. The molecule has 0 aliphatic rings. The number of carbonyl (C=O) groups is 1. The molecule has 0 aliphatic heterocycles. The van der Waals surface area contributed by atoms with Crippen LogP contribution in [0.15, 0.2) is 48.5 Å². The average Bonchev–Trinajstić information content (AvgIpc) is 2.50. The van der Waals surface area contributed by atoms with E-state index >= 15 is 0 Å². The lowest BCUT2D eigenvalue weighted by atomic mass is 10.1. The lowest BCUT2D eigenvalue weighted by molar-refractivity contribution is 0.0954. The third kappa shape index (κ3) is 4.39. The maximum Gasteiger partial charge on any atom is 0.251 e. The lowest BCUT2D eigenvalue weighted by Crippen LogP contribution is -2.26. The van der Waals surface area contributed by atoms with Crippen molar-refractivity contribution in [2.24, 2.45) is 5.73 Å². The van der Waals surface area contributed by atoms with Crippen LogP contribution in [-0.2, 0) is 12.8 Å². The molecule has 0 saturated carbocycles. The van der Waals surface area contributed by atoms with Gasteiger partial charge in [0.15, 0.2) is 0 Å². The number of hydrogen-bond donors (Lipinski definition) is 2. The van der Waals surface area contributed by atoms with Crippen LogP contribution in [0.25, 0.3) is 0 Å². The van der Waals surface area contributed by atoms with Crippen molar-refractivity contribution in [3.05, 3.63) is 71.0 Å². The van der Waals surface area contributed by atoms with E-state index in [2.05, 4.69) is 5.32 Å². The second-order valence-electron chi connectivity index (χ2n) is 4.84. The Bertz CT molecular complexity index is 613. The molecule has 110 valence electrons. The molecule has 4 heteroatoms. The van der Waals surface area contributed by atoms with Crippen LogP contribution in [0.5, 0.6) is 0 Å². The highest BCUT2D eigenvalue weighted by Crippen LogP contribution is 2.08. The summed E-state index contributed by atoms with van der Waals surface area (Å²) in [6.45, 7) is 0.958. The fourth-order valence-corrected chi connectivity index (χ4v) is 2.15. The molecule has 3 nitrogen and oxygen atoms in total. The van der Waals surface area contributed by atoms with Crippen molar-refractivity contribution in [2.45, 2.75) is 12.8 Å². The number of halogens is 1. The Morgan fingerprint density at radius 3 is 2.67 bits per heavy atom. The summed E-state index contributed by atoms with van der Waals surface area (Å²) in [5.41, 5.74) is 7.76. The van der Waals surface area contributed by atoms with E-state index in [1.807, 2.05) is 18.2 Å². The Morgan fingerprint density at radius 2 is 1.90 bits per heavy atom. The van der Waals surface area contributed by atoms with Crippen LogP contribution in [0.4, 0.5) is 4.39 Å². The second-order valence-corrected chi connectivity index (χ2v) is 4.84. The molecule has 2 rings (SSSR count). The first kappa shape index (κ1) is 15.2. The molecule has 2 aromatic rings. The van der Waals surface area contributed by atoms with Crippen LogP contribution in [0, 0.1) is 5.82 Å². The second kappa shape index (κ2) is 7.55. The molecule has 0 aliphatic carbocycles. The lowest BCUT2D eigenvalue weighted by Gasteiger charge is -2.07. The maximum absolute atomic E-state index is 13.5. The van der Waals surface area contributed by atoms with Crippen LogP contribution in [0.1, 0.15) is 21.5 Å². The minimum Gasteiger partial charge on any atom is -0.352 e. The zero-order valence-electron chi connectivity index (χ0n) is 11.8. The number of benzene rings is 2. The molecule has 0 atom stereocenters. The van der Waals surface area contributed by atoms with Crippen LogP contribution in [0.3, 0.4) is 0 Å². The molecule has 21 heavy (non-hydrogen) atoms. The largest absolute Gasteiger partial charge is 0.352 e. The van der Waals surface area contributed by atoms with E-state index in [0.29, 0.717) is 30.6 Å². The molecule has 0 radical (unpaired) electrons. The zero-order chi connectivity index (χ0) is 15.1. The molecular weight excluding hydrogens is 267 g/mol. The summed E-state index contributed by atoms with van der Waals surface area (Å²) in [7, 11) is 0. The van der Waals surface area contributed by atoms with E-state index in [0.717, 1.165) is 12.0 Å². The molecule has 0 saturated heterocycles. The van der Waals surface area contributed by atoms with Gasteiger partial charge in [-0.05, 0) is 48.7 Å². The summed E-state index contributed by atoms with van der Waals surface area (Å²) in [5, 5.41) is 2.81. The predicted molar refractivity (Wildman–Crippen MR) is 81.6 cm³/mol. The molecule has 0 heterocycles. The molecule has 1 amide bonds. The fourth-order valence-electron chi connectivity index (χ4n) is 2.15. The summed E-state index contributed by atoms with van der Waals surface area (Å²) in [5.74, 6) is -0.387. The SMILES string of the molecule is NCCc1cccc(C(=O)NCCc2ccccc2F)c1. The van der Waals surface area contributed by atoms with Crippen molar-refractivity contribution >= 4 is 5.91 Å². The Morgan fingerprint density at radius 1 is 1.10 bits per heavy atom. The van der Waals surface area contributed by atoms with Crippen LogP contribution in [-0.4, -0.2) is 19.0 Å².